The van der Waals surface area contributed by atoms with E-state index in [4.69, 9.17) is 9.47 Å². The molecule has 0 unspecified atom stereocenters. The molecule has 1 aromatic rings. The number of methoxy groups -OCH3 is 1. The number of piperidine rings is 1. The highest BCUT2D eigenvalue weighted by Gasteiger charge is 2.29. The molecule has 1 fully saturated rings. The Morgan fingerprint density at radius 2 is 1.86 bits per heavy atom. The average Bonchev–Trinajstić information content (AvgIpc) is 2.66. The molecule has 0 atom stereocenters. The molecule has 0 radical (unpaired) electrons. The zero-order valence-corrected chi connectivity index (χ0v) is 17.2. The molecular weight excluding hydrogens is 384 g/mol. The highest BCUT2D eigenvalue weighted by atomic mass is 32.2. The molecule has 1 N–H and O–H groups in total. The Labute approximate surface area is 165 Å². The highest BCUT2D eigenvalue weighted by molar-refractivity contribution is 7.89. The van der Waals surface area contributed by atoms with Gasteiger partial charge in [-0.1, -0.05) is 12.0 Å². The number of nitrogens with one attached hydrogen (secondary N) is 1. The molecule has 1 amide bonds. The van der Waals surface area contributed by atoms with Crippen molar-refractivity contribution in [2.45, 2.75) is 38.0 Å². The first kappa shape index (κ1) is 21.9. The lowest BCUT2D eigenvalue weighted by Gasteiger charge is -2.26. The molecule has 1 saturated heterocycles. The van der Waals surface area contributed by atoms with E-state index >= 15 is 0 Å². The first-order valence-corrected chi connectivity index (χ1v) is 10.5. The normalized spacial score (nSPS) is 14.8. The van der Waals surface area contributed by atoms with Crippen molar-refractivity contribution in [1.82, 2.24) is 4.31 Å². The first-order valence-electron chi connectivity index (χ1n) is 9.03. The predicted molar refractivity (Wildman–Crippen MR) is 105 cm³/mol. The smallest absolute Gasteiger partial charge is 0.331 e. The Hall–Kier alpha value is -2.39. The Bertz CT molecular complexity index is 853. The standard InChI is InChI=1S/C19H26N2O6S/c1-14(2)11-19(23)27-13-18(22)20-15-7-8-16(26-3)17(12-15)28(24,25)21-9-5-4-6-10-21/h7-8,11-12H,4-6,9-10,13H2,1-3H3,(H,20,22). The molecule has 154 valence electrons. The van der Waals surface area contributed by atoms with Crippen LogP contribution in [0.1, 0.15) is 33.1 Å². The minimum Gasteiger partial charge on any atom is -0.495 e. The number of amides is 1. The van der Waals surface area contributed by atoms with E-state index < -0.39 is 28.5 Å². The van der Waals surface area contributed by atoms with Gasteiger partial charge in [-0.3, -0.25) is 4.79 Å². The quantitative estimate of drug-likeness (QED) is 0.547. The molecule has 28 heavy (non-hydrogen) atoms. The molecule has 1 aliphatic heterocycles. The van der Waals surface area contributed by atoms with Crippen LogP contribution < -0.4 is 10.1 Å². The number of carbonyl (C=O) groups is 2. The van der Waals surface area contributed by atoms with Crippen molar-refractivity contribution in [2.24, 2.45) is 0 Å². The van der Waals surface area contributed by atoms with Gasteiger partial charge in [0.2, 0.25) is 10.0 Å². The molecule has 1 aliphatic rings. The van der Waals surface area contributed by atoms with Crippen LogP contribution in [0.15, 0.2) is 34.7 Å². The van der Waals surface area contributed by atoms with Gasteiger partial charge in [-0.25, -0.2) is 13.2 Å². The first-order chi connectivity index (χ1) is 13.2. The number of ether oxygens (including phenoxy) is 2. The van der Waals surface area contributed by atoms with Crippen LogP contribution in [0.25, 0.3) is 0 Å². The molecule has 2 rings (SSSR count). The van der Waals surface area contributed by atoms with Gasteiger partial charge in [-0.2, -0.15) is 4.31 Å². The lowest BCUT2D eigenvalue weighted by molar-refractivity contribution is -0.142. The summed E-state index contributed by atoms with van der Waals surface area (Å²) in [6.45, 7) is 3.93. The van der Waals surface area contributed by atoms with Crippen molar-refractivity contribution in [3.05, 3.63) is 29.8 Å². The maximum absolute atomic E-state index is 13.0. The van der Waals surface area contributed by atoms with Crippen molar-refractivity contribution in [1.29, 1.82) is 0 Å². The van der Waals surface area contributed by atoms with Crippen molar-refractivity contribution >= 4 is 27.6 Å². The molecule has 0 aliphatic carbocycles. The molecule has 0 bridgehead atoms. The lowest BCUT2D eigenvalue weighted by atomic mass is 10.2. The third kappa shape index (κ3) is 5.80. The molecule has 9 heteroatoms. The van der Waals surface area contributed by atoms with E-state index in [-0.39, 0.29) is 16.3 Å². The molecular formula is C19H26N2O6S. The molecule has 0 saturated carbocycles. The minimum atomic E-state index is -3.74. The largest absolute Gasteiger partial charge is 0.495 e. The predicted octanol–water partition coefficient (Wildman–Crippen LogP) is 2.32. The number of esters is 1. The number of benzene rings is 1. The molecule has 1 aromatic carbocycles. The van der Waals surface area contributed by atoms with E-state index in [2.05, 4.69) is 5.32 Å². The van der Waals surface area contributed by atoms with Crippen LogP contribution in [-0.4, -0.2) is 51.4 Å². The Morgan fingerprint density at radius 1 is 1.18 bits per heavy atom. The fraction of sp³-hybridized carbons (Fsp3) is 0.474. The summed E-state index contributed by atoms with van der Waals surface area (Å²) in [6.07, 6.45) is 3.92. The SMILES string of the molecule is COc1ccc(NC(=O)COC(=O)C=C(C)C)cc1S(=O)(=O)N1CCCCC1. The number of nitrogens with zero attached hydrogens (tertiary/aromatic N) is 1. The van der Waals surface area contributed by atoms with Crippen LogP contribution in [0.4, 0.5) is 5.69 Å². The van der Waals surface area contributed by atoms with E-state index in [0.29, 0.717) is 13.1 Å². The monoisotopic (exact) mass is 410 g/mol. The average molecular weight is 410 g/mol. The molecule has 8 nitrogen and oxygen atoms in total. The summed E-state index contributed by atoms with van der Waals surface area (Å²) in [4.78, 5) is 23.5. The number of allylic oxidation sites excluding steroid dienone is 1. The van der Waals surface area contributed by atoms with E-state index in [0.717, 1.165) is 24.8 Å². The second kappa shape index (κ2) is 9.70. The van der Waals surface area contributed by atoms with Gasteiger partial charge < -0.3 is 14.8 Å². The molecule has 1 heterocycles. The topological polar surface area (TPSA) is 102 Å². The molecule has 0 aromatic heterocycles. The minimum absolute atomic E-state index is 0.00349. The van der Waals surface area contributed by atoms with Gasteiger partial charge in [0.15, 0.2) is 6.61 Å². The van der Waals surface area contributed by atoms with Crippen molar-refractivity contribution < 1.29 is 27.5 Å². The van der Waals surface area contributed by atoms with E-state index in [1.807, 2.05) is 0 Å². The van der Waals surface area contributed by atoms with Gasteiger partial charge in [-0.05, 0) is 44.9 Å². The second-order valence-corrected chi connectivity index (χ2v) is 8.61. The number of carbonyl (C=O) groups excluding carboxylic acids is 2. The summed E-state index contributed by atoms with van der Waals surface area (Å²) in [5.41, 5.74) is 1.03. The number of anilines is 1. The zero-order chi connectivity index (χ0) is 20.7. The zero-order valence-electron chi connectivity index (χ0n) is 16.4. The van der Waals surface area contributed by atoms with Gasteiger partial charge >= 0.3 is 5.97 Å². The van der Waals surface area contributed by atoms with Crippen molar-refractivity contribution in [3.8, 4) is 5.75 Å². The van der Waals surface area contributed by atoms with E-state index in [9.17, 15) is 18.0 Å². The Morgan fingerprint density at radius 3 is 2.46 bits per heavy atom. The summed E-state index contributed by atoms with van der Waals surface area (Å²) in [6, 6.07) is 4.38. The van der Waals surface area contributed by atoms with E-state index in [1.54, 1.807) is 13.8 Å². The van der Waals surface area contributed by atoms with Crippen LogP contribution in [0, 0.1) is 0 Å². The van der Waals surface area contributed by atoms with Crippen LogP contribution in [0.2, 0.25) is 0 Å². The summed E-state index contributed by atoms with van der Waals surface area (Å²) >= 11 is 0. The fourth-order valence-electron chi connectivity index (χ4n) is 2.81. The van der Waals surface area contributed by atoms with Gasteiger partial charge in [0, 0.05) is 24.9 Å². The van der Waals surface area contributed by atoms with Crippen LogP contribution in [-0.2, 0) is 24.3 Å². The van der Waals surface area contributed by atoms with Gasteiger partial charge in [0.05, 0.1) is 7.11 Å². The van der Waals surface area contributed by atoms with Crippen LogP contribution in [0.5, 0.6) is 5.75 Å². The molecule has 0 spiro atoms. The lowest BCUT2D eigenvalue weighted by Crippen LogP contribution is -2.35. The summed E-state index contributed by atoms with van der Waals surface area (Å²) in [5, 5.41) is 2.54. The summed E-state index contributed by atoms with van der Waals surface area (Å²) in [5.74, 6) is -0.973. The summed E-state index contributed by atoms with van der Waals surface area (Å²) in [7, 11) is -2.34. The van der Waals surface area contributed by atoms with Gasteiger partial charge in [0.1, 0.15) is 10.6 Å². The van der Waals surface area contributed by atoms with Crippen LogP contribution >= 0.6 is 0 Å². The Kier molecular flexibility index (Phi) is 7.59. The highest BCUT2D eigenvalue weighted by Crippen LogP contribution is 2.31. The van der Waals surface area contributed by atoms with Crippen molar-refractivity contribution in [2.75, 3.05) is 32.1 Å². The number of rotatable bonds is 7. The third-order valence-electron chi connectivity index (χ3n) is 4.13. The number of sulfonamides is 1. The van der Waals surface area contributed by atoms with Crippen LogP contribution in [0.3, 0.4) is 0 Å². The fourth-order valence-corrected chi connectivity index (χ4v) is 4.51. The maximum atomic E-state index is 13.0. The van der Waals surface area contributed by atoms with Gasteiger partial charge in [0.25, 0.3) is 5.91 Å². The third-order valence-corrected chi connectivity index (χ3v) is 6.05. The maximum Gasteiger partial charge on any atom is 0.331 e. The van der Waals surface area contributed by atoms with Gasteiger partial charge in [-0.15, -0.1) is 0 Å². The number of hydrogen-bond acceptors (Lipinski definition) is 6. The van der Waals surface area contributed by atoms with E-state index in [1.165, 1.54) is 35.7 Å². The second-order valence-electron chi connectivity index (χ2n) is 6.71. The Balaban J connectivity index is 2.14. The van der Waals surface area contributed by atoms with Crippen molar-refractivity contribution in [3.63, 3.8) is 0 Å². The number of hydrogen-bond donors (Lipinski definition) is 1. The summed E-state index contributed by atoms with van der Waals surface area (Å²) < 4.78 is 37.4.